The number of rotatable bonds is 5. The molecule has 0 bridgehead atoms. The highest BCUT2D eigenvalue weighted by molar-refractivity contribution is 5.68. The van der Waals surface area contributed by atoms with Gasteiger partial charge in [0, 0.05) is 30.4 Å². The van der Waals surface area contributed by atoms with Crippen LogP contribution in [0.15, 0.2) is 36.4 Å². The number of nitrogens with zero attached hydrogens (tertiary/aromatic N) is 3. The zero-order valence-electron chi connectivity index (χ0n) is 17.5. The number of hydrogen-bond acceptors (Lipinski definition) is 5. The highest BCUT2D eigenvalue weighted by Gasteiger charge is 2.30. The average molecular weight is 411 g/mol. The van der Waals surface area contributed by atoms with Crippen LogP contribution in [0.25, 0.3) is 0 Å². The van der Waals surface area contributed by atoms with E-state index in [4.69, 9.17) is 14.7 Å². The quantitative estimate of drug-likeness (QED) is 0.726. The molecule has 1 fully saturated rings. The third kappa shape index (κ3) is 5.93. The number of amides is 1. The summed E-state index contributed by atoms with van der Waals surface area (Å²) in [6.45, 7) is 6.92. The van der Waals surface area contributed by atoms with Crippen molar-refractivity contribution >= 4 is 6.09 Å². The van der Waals surface area contributed by atoms with E-state index in [1.807, 2.05) is 39.0 Å². The summed E-state index contributed by atoms with van der Waals surface area (Å²) in [6.07, 6.45) is 1.34. The van der Waals surface area contributed by atoms with Gasteiger partial charge >= 0.3 is 6.09 Å². The minimum absolute atomic E-state index is 0.0316. The number of aromatic nitrogens is 1. The molecule has 1 aliphatic heterocycles. The second kappa shape index (κ2) is 9.12. The van der Waals surface area contributed by atoms with Gasteiger partial charge in [-0.05, 0) is 57.7 Å². The van der Waals surface area contributed by atoms with Crippen LogP contribution in [0.5, 0.6) is 5.88 Å². The molecule has 1 atom stereocenters. The molecule has 158 valence electrons. The summed E-state index contributed by atoms with van der Waals surface area (Å²) in [4.78, 5) is 18.5. The van der Waals surface area contributed by atoms with Crippen molar-refractivity contribution < 1.29 is 18.7 Å². The Morgan fingerprint density at radius 3 is 2.83 bits per heavy atom. The molecule has 1 aliphatic rings. The van der Waals surface area contributed by atoms with E-state index < -0.39 is 11.4 Å². The second-order valence-electron chi connectivity index (χ2n) is 8.46. The van der Waals surface area contributed by atoms with E-state index in [0.717, 1.165) is 18.5 Å². The van der Waals surface area contributed by atoms with Gasteiger partial charge in [0.2, 0.25) is 5.88 Å². The first-order valence-electron chi connectivity index (χ1n) is 9.98. The Morgan fingerprint density at radius 2 is 2.13 bits per heavy atom. The summed E-state index contributed by atoms with van der Waals surface area (Å²) in [6, 6.07) is 11.7. The van der Waals surface area contributed by atoms with Crippen molar-refractivity contribution in [1.82, 2.24) is 9.88 Å². The van der Waals surface area contributed by atoms with Gasteiger partial charge in [-0.3, -0.25) is 0 Å². The van der Waals surface area contributed by atoms with E-state index in [-0.39, 0.29) is 18.3 Å². The van der Waals surface area contributed by atoms with Gasteiger partial charge in [0.15, 0.2) is 0 Å². The lowest BCUT2D eigenvalue weighted by molar-refractivity contribution is 0.0288. The number of likely N-dealkylation sites (tertiary alicyclic amines) is 1. The molecular formula is C23H26FN3O3. The van der Waals surface area contributed by atoms with E-state index in [1.54, 1.807) is 23.1 Å². The maximum atomic E-state index is 14.0. The molecule has 30 heavy (non-hydrogen) atoms. The van der Waals surface area contributed by atoms with Crippen LogP contribution in [0.4, 0.5) is 9.18 Å². The maximum Gasteiger partial charge on any atom is 0.410 e. The smallest absolute Gasteiger partial charge is 0.410 e. The molecule has 1 aromatic heterocycles. The molecule has 0 aliphatic carbocycles. The van der Waals surface area contributed by atoms with Crippen molar-refractivity contribution in [3.05, 3.63) is 59.0 Å². The summed E-state index contributed by atoms with van der Waals surface area (Å²) >= 11 is 0. The molecule has 0 radical (unpaired) electrons. The van der Waals surface area contributed by atoms with Gasteiger partial charge in [0.25, 0.3) is 0 Å². The second-order valence-corrected chi connectivity index (χ2v) is 8.46. The molecule has 3 rings (SSSR count). The van der Waals surface area contributed by atoms with Gasteiger partial charge in [-0.15, -0.1) is 0 Å². The first-order valence-corrected chi connectivity index (χ1v) is 9.98. The van der Waals surface area contributed by atoms with Crippen LogP contribution >= 0.6 is 0 Å². The Morgan fingerprint density at radius 1 is 1.33 bits per heavy atom. The van der Waals surface area contributed by atoms with E-state index in [1.165, 1.54) is 6.07 Å². The normalized spacial score (nSPS) is 16.2. The summed E-state index contributed by atoms with van der Waals surface area (Å²) in [5.41, 5.74) is 0.999. The lowest BCUT2D eigenvalue weighted by Crippen LogP contribution is -2.35. The van der Waals surface area contributed by atoms with Crippen LogP contribution in [0, 0.1) is 23.1 Å². The van der Waals surface area contributed by atoms with E-state index in [9.17, 15) is 9.18 Å². The van der Waals surface area contributed by atoms with Crippen LogP contribution in [0.3, 0.4) is 0 Å². The number of hydrogen-bond donors (Lipinski definition) is 0. The number of carbonyl (C=O) groups is 1. The first kappa shape index (κ1) is 21.6. The molecule has 7 heteroatoms. The third-order valence-corrected chi connectivity index (χ3v) is 4.77. The van der Waals surface area contributed by atoms with Crippen LogP contribution in [0.2, 0.25) is 0 Å². The van der Waals surface area contributed by atoms with Gasteiger partial charge in [-0.1, -0.05) is 12.1 Å². The highest BCUT2D eigenvalue weighted by Crippen LogP contribution is 2.23. The lowest BCUT2D eigenvalue weighted by Gasteiger charge is -2.24. The molecule has 1 amide bonds. The number of benzene rings is 1. The van der Waals surface area contributed by atoms with E-state index in [0.29, 0.717) is 30.5 Å². The van der Waals surface area contributed by atoms with Crippen molar-refractivity contribution in [3.63, 3.8) is 0 Å². The van der Waals surface area contributed by atoms with Gasteiger partial charge in [0.05, 0.1) is 11.6 Å². The molecular weight excluding hydrogens is 385 g/mol. The standard InChI is InChI=1S/C23H26FN3O3/c1-23(2,3)30-22(28)27-10-9-17(14-27)11-19-5-4-6-21(26-19)29-15-18-8-7-16(13-25)12-20(18)24/h4-8,12,17H,9-11,14-15H2,1-3H3. The Hall–Kier alpha value is -3.14. The van der Waals surface area contributed by atoms with Crippen molar-refractivity contribution in [1.29, 1.82) is 5.26 Å². The number of halogens is 1. The average Bonchev–Trinajstić information content (AvgIpc) is 3.14. The minimum atomic E-state index is -0.503. The molecule has 2 aromatic rings. The summed E-state index contributed by atoms with van der Waals surface area (Å²) in [5, 5.41) is 8.82. The Kier molecular flexibility index (Phi) is 6.56. The Labute approximate surface area is 176 Å². The molecule has 1 saturated heterocycles. The van der Waals surface area contributed by atoms with Crippen molar-refractivity contribution in [2.45, 2.75) is 45.8 Å². The fourth-order valence-electron chi connectivity index (χ4n) is 3.32. The predicted octanol–water partition coefficient (Wildman–Crippen LogP) is 4.47. The zero-order valence-corrected chi connectivity index (χ0v) is 17.5. The van der Waals surface area contributed by atoms with Crippen molar-refractivity contribution in [2.24, 2.45) is 5.92 Å². The topological polar surface area (TPSA) is 75.4 Å². The monoisotopic (exact) mass is 411 g/mol. The van der Waals surface area contributed by atoms with Gasteiger partial charge < -0.3 is 14.4 Å². The van der Waals surface area contributed by atoms with Gasteiger partial charge in [-0.2, -0.15) is 5.26 Å². The fourth-order valence-corrected chi connectivity index (χ4v) is 3.32. The van der Waals surface area contributed by atoms with E-state index >= 15 is 0 Å². The van der Waals surface area contributed by atoms with Gasteiger partial charge in [-0.25, -0.2) is 14.2 Å². The first-order chi connectivity index (χ1) is 14.2. The van der Waals surface area contributed by atoms with Crippen LogP contribution < -0.4 is 4.74 Å². The van der Waals surface area contributed by atoms with Crippen LogP contribution in [-0.4, -0.2) is 34.7 Å². The molecule has 1 aromatic carbocycles. The maximum absolute atomic E-state index is 14.0. The fraction of sp³-hybridized carbons (Fsp3) is 0.435. The highest BCUT2D eigenvalue weighted by atomic mass is 19.1. The number of pyridine rings is 1. The Bertz CT molecular complexity index is 949. The molecule has 0 N–H and O–H groups in total. The SMILES string of the molecule is CC(C)(C)OC(=O)N1CCC(Cc2cccc(OCc3ccc(C#N)cc3F)n2)C1. The number of nitriles is 1. The third-order valence-electron chi connectivity index (χ3n) is 4.77. The van der Waals surface area contributed by atoms with E-state index in [2.05, 4.69) is 4.98 Å². The molecule has 1 unspecified atom stereocenters. The largest absolute Gasteiger partial charge is 0.473 e. The van der Waals surface area contributed by atoms with Gasteiger partial charge in [0.1, 0.15) is 18.0 Å². The van der Waals surface area contributed by atoms with Crippen molar-refractivity contribution in [3.8, 4) is 11.9 Å². The minimum Gasteiger partial charge on any atom is -0.473 e. The number of ether oxygens (including phenoxy) is 2. The summed E-state index contributed by atoms with van der Waals surface area (Å²) in [7, 11) is 0. The van der Waals surface area contributed by atoms with Crippen LogP contribution in [0.1, 0.15) is 44.0 Å². The predicted molar refractivity (Wildman–Crippen MR) is 109 cm³/mol. The van der Waals surface area contributed by atoms with Crippen molar-refractivity contribution in [2.75, 3.05) is 13.1 Å². The molecule has 2 heterocycles. The summed E-state index contributed by atoms with van der Waals surface area (Å²) in [5.74, 6) is 0.243. The summed E-state index contributed by atoms with van der Waals surface area (Å²) < 4.78 is 25.1. The zero-order chi connectivity index (χ0) is 21.7. The molecule has 6 nitrogen and oxygen atoms in total. The molecule has 0 saturated carbocycles. The lowest BCUT2D eigenvalue weighted by atomic mass is 10.0. The van der Waals surface area contributed by atoms with Crippen LogP contribution in [-0.2, 0) is 17.8 Å². The molecule has 0 spiro atoms. The number of carbonyl (C=O) groups excluding carboxylic acids is 1. The Balaban J connectivity index is 1.55.